The highest BCUT2D eigenvalue weighted by Crippen LogP contribution is 2.43. The smallest absolute Gasteiger partial charge is 0.356 e. The summed E-state index contributed by atoms with van der Waals surface area (Å²) in [6.07, 6.45) is 4.16. The summed E-state index contributed by atoms with van der Waals surface area (Å²) in [7, 11) is 5.04. The van der Waals surface area contributed by atoms with E-state index in [0.717, 1.165) is 48.3 Å². The number of hydrogen-bond acceptors (Lipinski definition) is 4. The van der Waals surface area contributed by atoms with Crippen molar-refractivity contribution in [2.75, 3.05) is 14.2 Å². The zero-order valence-corrected chi connectivity index (χ0v) is 13.5. The summed E-state index contributed by atoms with van der Waals surface area (Å²) in [6.45, 7) is 0. The lowest BCUT2D eigenvalue weighted by molar-refractivity contribution is 0.0689. The molecule has 1 N–H and O–H groups in total. The molecule has 1 aromatic heterocycles. The normalized spacial score (nSPS) is 13.5. The summed E-state index contributed by atoms with van der Waals surface area (Å²) in [5.41, 5.74) is 3.88. The number of fused-ring (bicyclic) bond motifs is 1. The molecule has 0 saturated heterocycles. The van der Waals surface area contributed by atoms with Crippen LogP contribution in [0.4, 0.5) is 0 Å². The first-order valence-electron chi connectivity index (χ1n) is 7.61. The Morgan fingerprint density at radius 1 is 1.17 bits per heavy atom. The molecule has 0 saturated carbocycles. The largest absolute Gasteiger partial charge is 0.496 e. The highest BCUT2D eigenvalue weighted by atomic mass is 16.5. The summed E-state index contributed by atoms with van der Waals surface area (Å²) < 4.78 is 12.8. The van der Waals surface area contributed by atoms with Crippen LogP contribution in [0.15, 0.2) is 12.1 Å². The average molecular weight is 316 g/mol. The van der Waals surface area contributed by atoms with Crippen LogP contribution >= 0.6 is 0 Å². The van der Waals surface area contributed by atoms with E-state index in [0.29, 0.717) is 5.69 Å². The van der Waals surface area contributed by atoms with Gasteiger partial charge in [0.05, 0.1) is 19.9 Å². The third-order valence-electron chi connectivity index (χ3n) is 4.36. The van der Waals surface area contributed by atoms with Crippen LogP contribution in [0.3, 0.4) is 0 Å². The van der Waals surface area contributed by atoms with Gasteiger partial charge >= 0.3 is 5.97 Å². The molecule has 6 nitrogen and oxygen atoms in total. The number of aromatic carboxylic acids is 1. The maximum Gasteiger partial charge on any atom is 0.356 e. The van der Waals surface area contributed by atoms with Crippen LogP contribution in [0.5, 0.6) is 11.5 Å². The molecule has 1 heterocycles. The number of hydrogen-bond donors (Lipinski definition) is 1. The van der Waals surface area contributed by atoms with Gasteiger partial charge < -0.3 is 14.6 Å². The predicted molar refractivity (Wildman–Crippen MR) is 85.3 cm³/mol. The molecule has 23 heavy (non-hydrogen) atoms. The Hall–Kier alpha value is -2.50. The van der Waals surface area contributed by atoms with E-state index in [4.69, 9.17) is 14.6 Å². The van der Waals surface area contributed by atoms with Gasteiger partial charge in [0.2, 0.25) is 0 Å². The number of aryl methyl sites for hydroxylation is 1. The number of benzene rings is 1. The van der Waals surface area contributed by atoms with E-state index in [-0.39, 0.29) is 5.69 Å². The number of ether oxygens (including phenoxy) is 2. The fourth-order valence-electron chi connectivity index (χ4n) is 3.30. The fraction of sp³-hybridized carbons (Fsp3) is 0.412. The Labute approximate surface area is 134 Å². The van der Waals surface area contributed by atoms with Gasteiger partial charge in [-0.2, -0.15) is 5.10 Å². The third-order valence-corrected chi connectivity index (χ3v) is 4.36. The van der Waals surface area contributed by atoms with Gasteiger partial charge in [0.1, 0.15) is 11.5 Å². The zero-order valence-electron chi connectivity index (χ0n) is 13.5. The molecule has 1 aliphatic carbocycles. The summed E-state index contributed by atoms with van der Waals surface area (Å²) in [4.78, 5) is 11.2. The van der Waals surface area contributed by atoms with E-state index in [1.54, 1.807) is 32.0 Å². The van der Waals surface area contributed by atoms with Crippen LogP contribution in [0.25, 0.3) is 11.3 Å². The SMILES string of the molecule is COc1cc(-c2cc(C(=O)O)nn2C)c(OC)c2c1CCCC2. The maximum absolute atomic E-state index is 11.2. The summed E-state index contributed by atoms with van der Waals surface area (Å²) in [6, 6.07) is 3.49. The van der Waals surface area contributed by atoms with Crippen LogP contribution in [0.1, 0.15) is 34.5 Å². The second-order valence-electron chi connectivity index (χ2n) is 5.67. The van der Waals surface area contributed by atoms with Crippen molar-refractivity contribution in [2.45, 2.75) is 25.7 Å². The second kappa shape index (κ2) is 5.95. The van der Waals surface area contributed by atoms with Crippen molar-refractivity contribution in [1.29, 1.82) is 0 Å². The minimum Gasteiger partial charge on any atom is -0.496 e. The molecule has 122 valence electrons. The van der Waals surface area contributed by atoms with Gasteiger partial charge in [0.15, 0.2) is 5.69 Å². The number of rotatable bonds is 4. The molecule has 0 unspecified atom stereocenters. The van der Waals surface area contributed by atoms with Gasteiger partial charge in [-0.05, 0) is 37.8 Å². The van der Waals surface area contributed by atoms with E-state index in [1.807, 2.05) is 6.07 Å². The molecule has 0 bridgehead atoms. The molecule has 0 radical (unpaired) electrons. The zero-order chi connectivity index (χ0) is 16.6. The Morgan fingerprint density at radius 2 is 1.87 bits per heavy atom. The lowest BCUT2D eigenvalue weighted by Crippen LogP contribution is -2.09. The van der Waals surface area contributed by atoms with E-state index in [1.165, 1.54) is 5.56 Å². The number of methoxy groups -OCH3 is 2. The first kappa shape index (κ1) is 15.4. The second-order valence-corrected chi connectivity index (χ2v) is 5.67. The molecule has 1 aromatic carbocycles. The van der Waals surface area contributed by atoms with E-state index in [9.17, 15) is 4.79 Å². The molecule has 0 spiro atoms. The van der Waals surface area contributed by atoms with Gasteiger partial charge in [-0.15, -0.1) is 0 Å². The van der Waals surface area contributed by atoms with Gasteiger partial charge in [-0.25, -0.2) is 4.79 Å². The van der Waals surface area contributed by atoms with Crippen LogP contribution in [0, 0.1) is 0 Å². The molecule has 0 amide bonds. The van der Waals surface area contributed by atoms with Crippen molar-refractivity contribution in [1.82, 2.24) is 9.78 Å². The fourth-order valence-corrected chi connectivity index (χ4v) is 3.30. The molecule has 3 rings (SSSR count). The first-order valence-corrected chi connectivity index (χ1v) is 7.61. The van der Waals surface area contributed by atoms with Crippen molar-refractivity contribution in [2.24, 2.45) is 7.05 Å². The number of carboxylic acids is 1. The molecule has 0 atom stereocenters. The monoisotopic (exact) mass is 316 g/mol. The average Bonchev–Trinajstić information content (AvgIpc) is 2.95. The Bertz CT molecular complexity index is 764. The highest BCUT2D eigenvalue weighted by molar-refractivity contribution is 5.87. The van der Waals surface area contributed by atoms with E-state index >= 15 is 0 Å². The van der Waals surface area contributed by atoms with E-state index < -0.39 is 5.97 Å². The molecular weight excluding hydrogens is 296 g/mol. The number of carboxylic acid groups (broad SMARTS) is 1. The first-order chi connectivity index (χ1) is 11.1. The minimum absolute atomic E-state index is 0.0150. The molecule has 6 heteroatoms. The molecule has 2 aromatic rings. The molecule has 0 fully saturated rings. The molecular formula is C17H20N2O4. The number of nitrogens with zero attached hydrogens (tertiary/aromatic N) is 2. The minimum atomic E-state index is -1.05. The topological polar surface area (TPSA) is 73.6 Å². The number of aromatic nitrogens is 2. The Balaban J connectivity index is 2.24. The highest BCUT2D eigenvalue weighted by Gasteiger charge is 2.24. The third kappa shape index (κ3) is 2.54. The van der Waals surface area contributed by atoms with Crippen LogP contribution in [0.2, 0.25) is 0 Å². The van der Waals surface area contributed by atoms with Crippen LogP contribution in [-0.2, 0) is 19.9 Å². The van der Waals surface area contributed by atoms with Crippen LogP contribution in [-0.4, -0.2) is 35.1 Å². The van der Waals surface area contributed by atoms with Crippen molar-refractivity contribution in [3.05, 3.63) is 29.0 Å². The van der Waals surface area contributed by atoms with Crippen molar-refractivity contribution >= 4 is 5.97 Å². The van der Waals surface area contributed by atoms with Crippen LogP contribution < -0.4 is 9.47 Å². The van der Waals surface area contributed by atoms with Gasteiger partial charge in [-0.1, -0.05) is 0 Å². The predicted octanol–water partition coefficient (Wildman–Crippen LogP) is 2.68. The lowest BCUT2D eigenvalue weighted by atomic mass is 9.87. The van der Waals surface area contributed by atoms with Crippen molar-refractivity contribution in [3.63, 3.8) is 0 Å². The summed E-state index contributed by atoms with van der Waals surface area (Å²) in [5, 5.41) is 13.2. The van der Waals surface area contributed by atoms with Crippen molar-refractivity contribution in [3.8, 4) is 22.8 Å². The Kier molecular flexibility index (Phi) is 3.98. The van der Waals surface area contributed by atoms with Gasteiger partial charge in [0.25, 0.3) is 0 Å². The maximum atomic E-state index is 11.2. The van der Waals surface area contributed by atoms with E-state index in [2.05, 4.69) is 5.10 Å². The van der Waals surface area contributed by atoms with Gasteiger partial charge in [-0.3, -0.25) is 4.68 Å². The van der Waals surface area contributed by atoms with Gasteiger partial charge in [0, 0.05) is 23.7 Å². The quantitative estimate of drug-likeness (QED) is 0.939. The molecule has 1 aliphatic rings. The summed E-state index contributed by atoms with van der Waals surface area (Å²) in [5.74, 6) is 0.574. The standard InChI is InChI=1S/C17H20N2O4/c1-19-14(9-13(18-19)17(20)21)12-8-15(22-2)10-6-4-5-7-11(10)16(12)23-3/h8-9H,4-7H2,1-3H3,(H,20,21). The number of carbonyl (C=O) groups is 1. The Morgan fingerprint density at radius 3 is 2.43 bits per heavy atom. The summed E-state index contributed by atoms with van der Waals surface area (Å²) >= 11 is 0. The molecule has 0 aliphatic heterocycles. The van der Waals surface area contributed by atoms with Crippen molar-refractivity contribution < 1.29 is 19.4 Å². The lowest BCUT2D eigenvalue weighted by Gasteiger charge is -2.23.